The van der Waals surface area contributed by atoms with Gasteiger partial charge in [0, 0.05) is 38.4 Å². The van der Waals surface area contributed by atoms with Crippen LogP contribution in [0, 0.1) is 0 Å². The van der Waals surface area contributed by atoms with Gasteiger partial charge in [-0.05, 0) is 36.4 Å². The van der Waals surface area contributed by atoms with Crippen molar-refractivity contribution in [1.82, 2.24) is 9.47 Å². The quantitative estimate of drug-likeness (QED) is 0.590. The van der Waals surface area contributed by atoms with Gasteiger partial charge >= 0.3 is 6.09 Å². The number of β-amino-alcohol motifs (C(OH)–C–C–N with tert-alkyl or cyclic N) is 1. The molecule has 1 aliphatic heterocycles. The number of amides is 1. The number of benzene rings is 2. The van der Waals surface area contributed by atoms with Crippen molar-refractivity contribution in [2.24, 2.45) is 0 Å². The number of carboxylic acid groups (broad SMARTS) is 1. The highest BCUT2D eigenvalue weighted by molar-refractivity contribution is 6.33. The van der Waals surface area contributed by atoms with Gasteiger partial charge in [0.05, 0.1) is 18.7 Å². The Balaban J connectivity index is 1.98. The number of halogens is 2. The molecule has 1 saturated heterocycles. The largest absolute Gasteiger partial charge is 0.465 e. The number of rotatable bonds is 1. The van der Waals surface area contributed by atoms with E-state index in [2.05, 4.69) is 0 Å². The third-order valence-corrected chi connectivity index (χ3v) is 5.40. The molecule has 136 valence electrons. The Hall–Kier alpha value is -1.99. The van der Waals surface area contributed by atoms with Crippen molar-refractivity contribution in [2.75, 3.05) is 13.1 Å². The van der Waals surface area contributed by atoms with Gasteiger partial charge in [0.25, 0.3) is 0 Å². The number of aliphatic hydroxyl groups is 2. The average Bonchev–Trinajstić information content (AvgIpc) is 2.90. The van der Waals surface area contributed by atoms with Crippen molar-refractivity contribution >= 4 is 51.1 Å². The van der Waals surface area contributed by atoms with Crippen LogP contribution in [0.1, 0.15) is 6.04 Å². The van der Waals surface area contributed by atoms with E-state index in [1.54, 1.807) is 12.1 Å². The topological polar surface area (TPSA) is 85.9 Å². The second kappa shape index (κ2) is 6.32. The van der Waals surface area contributed by atoms with Gasteiger partial charge in [-0.2, -0.15) is 0 Å². The number of nitrogens with zero attached hydrogens (tertiary/aromatic N) is 2. The molecule has 2 heterocycles. The standard InChI is InChI=1S/C18H16Cl2N2O4/c19-9-1-3-13-11(5-9)12-6-10(20)2-4-14(12)22(13)15-7-21(18(25)26)8-16(23)17(15)24/h1-6,15-17,23-24H,7-8H2,(H,25,26). The van der Waals surface area contributed by atoms with E-state index in [1.165, 1.54) is 0 Å². The van der Waals surface area contributed by atoms with Crippen LogP contribution in [0.15, 0.2) is 36.4 Å². The highest BCUT2D eigenvalue weighted by Crippen LogP contribution is 2.37. The van der Waals surface area contributed by atoms with Gasteiger partial charge in [0.1, 0.15) is 6.10 Å². The average molecular weight is 395 g/mol. The number of hydrogen-bond acceptors (Lipinski definition) is 3. The predicted octanol–water partition coefficient (Wildman–Crippen LogP) is 3.36. The Morgan fingerprint density at radius 1 is 0.962 bits per heavy atom. The Kier molecular flexibility index (Phi) is 4.23. The number of carbonyl (C=O) groups is 1. The number of piperidine rings is 1. The van der Waals surface area contributed by atoms with Gasteiger partial charge in [-0.3, -0.25) is 0 Å². The van der Waals surface area contributed by atoms with Gasteiger partial charge < -0.3 is 24.8 Å². The molecule has 1 aromatic heterocycles. The number of aliphatic hydroxyl groups excluding tert-OH is 2. The van der Waals surface area contributed by atoms with E-state index in [1.807, 2.05) is 28.8 Å². The van der Waals surface area contributed by atoms with Gasteiger partial charge in [-0.25, -0.2) is 4.79 Å². The van der Waals surface area contributed by atoms with Crippen molar-refractivity contribution in [2.45, 2.75) is 18.2 Å². The molecule has 3 atom stereocenters. The smallest absolute Gasteiger partial charge is 0.407 e. The zero-order chi connectivity index (χ0) is 18.6. The molecule has 3 N–H and O–H groups in total. The molecule has 1 aliphatic rings. The maximum absolute atomic E-state index is 11.4. The molecular weight excluding hydrogens is 379 g/mol. The molecule has 3 unspecified atom stereocenters. The lowest BCUT2D eigenvalue weighted by molar-refractivity contribution is -0.0605. The van der Waals surface area contributed by atoms with E-state index in [4.69, 9.17) is 23.2 Å². The fraction of sp³-hybridized carbons (Fsp3) is 0.278. The minimum absolute atomic E-state index is 0.0672. The lowest BCUT2D eigenvalue weighted by Crippen LogP contribution is -2.54. The highest BCUT2D eigenvalue weighted by Gasteiger charge is 2.38. The normalized spacial score (nSPS) is 23.7. The first-order valence-electron chi connectivity index (χ1n) is 8.09. The molecule has 1 fully saturated rings. The molecule has 0 saturated carbocycles. The maximum atomic E-state index is 11.4. The SMILES string of the molecule is O=C(O)N1CC(O)C(O)C(n2c3ccc(Cl)cc3c3cc(Cl)ccc32)C1. The first-order chi connectivity index (χ1) is 12.4. The van der Waals surface area contributed by atoms with E-state index >= 15 is 0 Å². The van der Waals surface area contributed by atoms with Crippen molar-refractivity contribution < 1.29 is 20.1 Å². The van der Waals surface area contributed by atoms with Crippen molar-refractivity contribution in [1.29, 1.82) is 0 Å². The number of aromatic nitrogens is 1. The van der Waals surface area contributed by atoms with E-state index < -0.39 is 24.3 Å². The van der Waals surface area contributed by atoms with Crippen LogP contribution in [-0.2, 0) is 0 Å². The van der Waals surface area contributed by atoms with E-state index in [0.717, 1.165) is 26.7 Å². The number of hydrogen-bond donors (Lipinski definition) is 3. The minimum Gasteiger partial charge on any atom is -0.465 e. The monoisotopic (exact) mass is 394 g/mol. The van der Waals surface area contributed by atoms with E-state index in [-0.39, 0.29) is 13.1 Å². The second-order valence-corrected chi connectivity index (χ2v) is 7.38. The molecule has 6 nitrogen and oxygen atoms in total. The molecule has 8 heteroatoms. The molecule has 0 radical (unpaired) electrons. The van der Waals surface area contributed by atoms with Gasteiger partial charge in [-0.1, -0.05) is 23.2 Å². The summed E-state index contributed by atoms with van der Waals surface area (Å²) in [6.07, 6.45) is -3.40. The predicted molar refractivity (Wildman–Crippen MR) is 100 cm³/mol. The van der Waals surface area contributed by atoms with Crippen LogP contribution in [0.2, 0.25) is 10.0 Å². The molecule has 0 aliphatic carbocycles. The van der Waals surface area contributed by atoms with Crippen LogP contribution in [0.25, 0.3) is 21.8 Å². The molecule has 1 amide bonds. The lowest BCUT2D eigenvalue weighted by atomic mass is 9.99. The van der Waals surface area contributed by atoms with E-state index in [9.17, 15) is 20.1 Å². The fourth-order valence-electron chi connectivity index (χ4n) is 3.74. The van der Waals surface area contributed by atoms with Crippen LogP contribution >= 0.6 is 23.2 Å². The number of likely N-dealkylation sites (tertiary alicyclic amines) is 1. The third-order valence-electron chi connectivity index (χ3n) is 4.93. The Labute approximate surface area is 158 Å². The molecule has 4 rings (SSSR count). The summed E-state index contributed by atoms with van der Waals surface area (Å²) >= 11 is 12.3. The molecule has 0 bridgehead atoms. The van der Waals surface area contributed by atoms with Crippen molar-refractivity contribution in [3.05, 3.63) is 46.4 Å². The third kappa shape index (κ3) is 2.70. The summed E-state index contributed by atoms with van der Waals surface area (Å²) < 4.78 is 1.86. The summed E-state index contributed by atoms with van der Waals surface area (Å²) in [5.41, 5.74) is 1.57. The Bertz CT molecular complexity index is 960. The second-order valence-electron chi connectivity index (χ2n) is 6.51. The molecule has 0 spiro atoms. The molecule has 2 aromatic carbocycles. The molecular formula is C18H16Cl2N2O4. The van der Waals surface area contributed by atoms with Crippen LogP contribution in [-0.4, -0.2) is 56.2 Å². The summed E-state index contributed by atoms with van der Waals surface area (Å²) in [5.74, 6) is 0. The summed E-state index contributed by atoms with van der Waals surface area (Å²) in [7, 11) is 0. The van der Waals surface area contributed by atoms with Gasteiger partial charge in [0.2, 0.25) is 0 Å². The fourth-order valence-corrected chi connectivity index (χ4v) is 4.09. The van der Waals surface area contributed by atoms with Crippen LogP contribution in [0.3, 0.4) is 0 Å². The summed E-state index contributed by atoms with van der Waals surface area (Å²) in [6, 6.07) is 10.1. The van der Waals surface area contributed by atoms with Crippen LogP contribution in [0.4, 0.5) is 4.79 Å². The summed E-state index contributed by atoms with van der Waals surface area (Å²) in [5, 5.41) is 33.0. The van der Waals surface area contributed by atoms with Gasteiger partial charge in [0.15, 0.2) is 0 Å². The maximum Gasteiger partial charge on any atom is 0.407 e. The number of fused-ring (bicyclic) bond motifs is 3. The summed E-state index contributed by atoms with van der Waals surface area (Å²) in [6.45, 7) is -0.0561. The van der Waals surface area contributed by atoms with Crippen molar-refractivity contribution in [3.63, 3.8) is 0 Å². The van der Waals surface area contributed by atoms with Crippen LogP contribution in [0.5, 0.6) is 0 Å². The van der Waals surface area contributed by atoms with Crippen molar-refractivity contribution in [3.8, 4) is 0 Å². The zero-order valence-corrected chi connectivity index (χ0v) is 15.0. The van der Waals surface area contributed by atoms with E-state index in [0.29, 0.717) is 10.0 Å². The lowest BCUT2D eigenvalue weighted by Gasteiger charge is -2.39. The summed E-state index contributed by atoms with van der Waals surface area (Å²) in [4.78, 5) is 12.5. The van der Waals surface area contributed by atoms with Gasteiger partial charge in [-0.15, -0.1) is 0 Å². The zero-order valence-electron chi connectivity index (χ0n) is 13.5. The molecule has 3 aromatic rings. The Morgan fingerprint density at radius 3 is 2.00 bits per heavy atom. The first kappa shape index (κ1) is 17.4. The van der Waals surface area contributed by atoms with Crippen LogP contribution < -0.4 is 0 Å². The molecule has 26 heavy (non-hydrogen) atoms. The minimum atomic E-state index is -1.17. The first-order valence-corrected chi connectivity index (χ1v) is 8.85. The highest BCUT2D eigenvalue weighted by atomic mass is 35.5. The Morgan fingerprint density at radius 2 is 1.50 bits per heavy atom.